The summed E-state index contributed by atoms with van der Waals surface area (Å²) in [5.41, 5.74) is 4.89. The molecule has 0 aromatic heterocycles. The number of thioether (sulfide) groups is 1. The van der Waals surface area contributed by atoms with E-state index in [0.29, 0.717) is 17.7 Å². The van der Waals surface area contributed by atoms with E-state index in [9.17, 15) is 22.8 Å². The van der Waals surface area contributed by atoms with Gasteiger partial charge in [-0.15, -0.1) is 0 Å². The van der Waals surface area contributed by atoms with Crippen molar-refractivity contribution in [3.05, 3.63) is 35.4 Å². The van der Waals surface area contributed by atoms with E-state index in [0.717, 1.165) is 12.1 Å². The molecule has 0 unspecified atom stereocenters. The third kappa shape index (κ3) is 6.31. The molecule has 0 radical (unpaired) electrons. The first-order chi connectivity index (χ1) is 11.1. The summed E-state index contributed by atoms with van der Waals surface area (Å²) in [7, 11) is 1.52. The number of halogens is 3. The van der Waals surface area contributed by atoms with E-state index >= 15 is 0 Å². The van der Waals surface area contributed by atoms with Gasteiger partial charge < -0.3 is 16.0 Å². The predicted molar refractivity (Wildman–Crippen MR) is 87.4 cm³/mol. The zero-order valence-electron chi connectivity index (χ0n) is 13.4. The summed E-state index contributed by atoms with van der Waals surface area (Å²) >= 11 is 1.52. The lowest BCUT2D eigenvalue weighted by atomic mass is 10.1. The standard InChI is InChI=1S/C15H20F3N3O2S/c1-21(13(22)12(7-8-24-2)20-14(19)23)9-10-3-5-11(6-4-10)15(16,17)18/h3-6,12H,7-9H2,1-2H3,(H3,19,20,23)/t12-/m1/s1. The summed E-state index contributed by atoms with van der Waals surface area (Å²) < 4.78 is 37.6. The number of alkyl halides is 3. The second-order valence-corrected chi connectivity index (χ2v) is 6.22. The second kappa shape index (κ2) is 8.81. The van der Waals surface area contributed by atoms with Crippen molar-refractivity contribution in [1.29, 1.82) is 0 Å². The van der Waals surface area contributed by atoms with E-state index in [-0.39, 0.29) is 12.5 Å². The highest BCUT2D eigenvalue weighted by molar-refractivity contribution is 7.98. The van der Waals surface area contributed by atoms with E-state index < -0.39 is 23.8 Å². The zero-order valence-corrected chi connectivity index (χ0v) is 14.2. The number of rotatable bonds is 7. The Bertz CT molecular complexity index is 564. The highest BCUT2D eigenvalue weighted by Gasteiger charge is 2.30. The van der Waals surface area contributed by atoms with E-state index in [1.54, 1.807) is 0 Å². The van der Waals surface area contributed by atoms with Crippen LogP contribution >= 0.6 is 11.8 Å². The number of nitrogens with one attached hydrogen (secondary N) is 1. The maximum atomic E-state index is 12.5. The van der Waals surface area contributed by atoms with Crippen molar-refractivity contribution in [2.24, 2.45) is 5.73 Å². The summed E-state index contributed by atoms with van der Waals surface area (Å²) in [4.78, 5) is 24.7. The minimum atomic E-state index is -4.39. The number of nitrogens with zero attached hydrogens (tertiary/aromatic N) is 1. The number of benzene rings is 1. The molecule has 0 fully saturated rings. The van der Waals surface area contributed by atoms with Crippen molar-refractivity contribution in [3.63, 3.8) is 0 Å². The van der Waals surface area contributed by atoms with Crippen LogP contribution in [-0.2, 0) is 17.5 Å². The molecule has 0 saturated heterocycles. The van der Waals surface area contributed by atoms with Gasteiger partial charge in [-0.1, -0.05) is 12.1 Å². The molecule has 0 aliphatic heterocycles. The Morgan fingerprint density at radius 3 is 2.33 bits per heavy atom. The summed E-state index contributed by atoms with van der Waals surface area (Å²) in [5, 5.41) is 2.40. The summed E-state index contributed by atoms with van der Waals surface area (Å²) in [5.74, 6) is 0.313. The molecule has 0 spiro atoms. The Hall–Kier alpha value is -1.90. The van der Waals surface area contributed by atoms with Crippen LogP contribution in [0.1, 0.15) is 17.5 Å². The van der Waals surface area contributed by atoms with Gasteiger partial charge in [0.1, 0.15) is 6.04 Å². The molecule has 5 nitrogen and oxygen atoms in total. The highest BCUT2D eigenvalue weighted by atomic mass is 32.2. The van der Waals surface area contributed by atoms with Gasteiger partial charge in [0.05, 0.1) is 5.56 Å². The minimum absolute atomic E-state index is 0.132. The summed E-state index contributed by atoms with van der Waals surface area (Å²) in [6.07, 6.45) is -2.10. The van der Waals surface area contributed by atoms with Crippen LogP contribution in [0.15, 0.2) is 24.3 Å². The number of carbonyl (C=O) groups excluding carboxylic acids is 2. The van der Waals surface area contributed by atoms with E-state index in [1.165, 1.54) is 35.8 Å². The Morgan fingerprint density at radius 1 is 1.29 bits per heavy atom. The highest BCUT2D eigenvalue weighted by Crippen LogP contribution is 2.29. The van der Waals surface area contributed by atoms with Crippen molar-refractivity contribution < 1.29 is 22.8 Å². The van der Waals surface area contributed by atoms with Crippen LogP contribution in [0.5, 0.6) is 0 Å². The number of carbonyl (C=O) groups is 2. The molecule has 3 amide bonds. The first-order valence-electron chi connectivity index (χ1n) is 7.11. The van der Waals surface area contributed by atoms with Gasteiger partial charge in [-0.3, -0.25) is 4.79 Å². The minimum Gasteiger partial charge on any atom is -0.352 e. The lowest BCUT2D eigenvalue weighted by Crippen LogP contribution is -2.49. The van der Waals surface area contributed by atoms with Crippen molar-refractivity contribution >= 4 is 23.7 Å². The fraction of sp³-hybridized carbons (Fsp3) is 0.467. The molecule has 0 aliphatic carbocycles. The van der Waals surface area contributed by atoms with Crippen molar-refractivity contribution in [2.75, 3.05) is 19.1 Å². The molecular weight excluding hydrogens is 343 g/mol. The number of likely N-dealkylation sites (N-methyl/N-ethyl adjacent to an activating group) is 1. The summed E-state index contributed by atoms with van der Waals surface area (Å²) in [6.45, 7) is 0.132. The molecule has 1 atom stereocenters. The first-order valence-corrected chi connectivity index (χ1v) is 8.50. The molecule has 0 aliphatic rings. The second-order valence-electron chi connectivity index (χ2n) is 5.23. The fourth-order valence-corrected chi connectivity index (χ4v) is 2.55. The van der Waals surface area contributed by atoms with Crippen LogP contribution in [0, 0.1) is 0 Å². The molecule has 0 bridgehead atoms. The van der Waals surface area contributed by atoms with Gasteiger partial charge in [-0.2, -0.15) is 24.9 Å². The van der Waals surface area contributed by atoms with Crippen molar-refractivity contribution in [2.45, 2.75) is 25.2 Å². The number of hydrogen-bond acceptors (Lipinski definition) is 3. The monoisotopic (exact) mass is 363 g/mol. The quantitative estimate of drug-likeness (QED) is 0.781. The Labute approximate surface area is 142 Å². The van der Waals surface area contributed by atoms with Crippen LogP contribution < -0.4 is 11.1 Å². The molecule has 1 aromatic rings. The van der Waals surface area contributed by atoms with Gasteiger partial charge in [0.2, 0.25) is 5.91 Å². The predicted octanol–water partition coefficient (Wildman–Crippen LogP) is 2.45. The normalized spacial score (nSPS) is 12.5. The molecule has 1 aromatic carbocycles. The number of amides is 3. The molecule has 24 heavy (non-hydrogen) atoms. The van der Waals surface area contributed by atoms with Crippen LogP contribution in [0.3, 0.4) is 0 Å². The van der Waals surface area contributed by atoms with Crippen LogP contribution in [0.25, 0.3) is 0 Å². The van der Waals surface area contributed by atoms with Gasteiger partial charge in [0, 0.05) is 13.6 Å². The molecule has 3 N–H and O–H groups in total. The van der Waals surface area contributed by atoms with E-state index in [1.807, 2.05) is 6.26 Å². The van der Waals surface area contributed by atoms with Crippen LogP contribution in [-0.4, -0.2) is 41.9 Å². The van der Waals surface area contributed by atoms with E-state index in [4.69, 9.17) is 5.73 Å². The maximum absolute atomic E-state index is 12.5. The molecule has 1 rings (SSSR count). The molecule has 134 valence electrons. The van der Waals surface area contributed by atoms with Gasteiger partial charge in [-0.25, -0.2) is 4.79 Å². The third-order valence-corrected chi connectivity index (χ3v) is 3.95. The smallest absolute Gasteiger partial charge is 0.352 e. The average Bonchev–Trinajstić information content (AvgIpc) is 2.50. The fourth-order valence-electron chi connectivity index (χ4n) is 2.08. The largest absolute Gasteiger partial charge is 0.416 e. The maximum Gasteiger partial charge on any atom is 0.416 e. The number of hydrogen-bond donors (Lipinski definition) is 2. The number of primary amides is 1. The van der Waals surface area contributed by atoms with Crippen LogP contribution in [0.4, 0.5) is 18.0 Å². The molecule has 9 heteroatoms. The lowest BCUT2D eigenvalue weighted by Gasteiger charge is -2.24. The van der Waals surface area contributed by atoms with Gasteiger partial charge in [0.25, 0.3) is 0 Å². The zero-order chi connectivity index (χ0) is 18.3. The van der Waals surface area contributed by atoms with Gasteiger partial charge >= 0.3 is 12.2 Å². The van der Waals surface area contributed by atoms with Crippen molar-refractivity contribution in [1.82, 2.24) is 10.2 Å². The van der Waals surface area contributed by atoms with Crippen LogP contribution in [0.2, 0.25) is 0 Å². The van der Waals surface area contributed by atoms with E-state index in [2.05, 4.69) is 5.32 Å². The first kappa shape index (κ1) is 20.1. The molecular formula is C15H20F3N3O2S. The van der Waals surface area contributed by atoms with Crippen molar-refractivity contribution in [3.8, 4) is 0 Å². The SMILES string of the molecule is CSCC[C@@H](NC(N)=O)C(=O)N(C)Cc1ccc(C(F)(F)F)cc1. The average molecular weight is 363 g/mol. The Balaban J connectivity index is 2.74. The number of nitrogens with two attached hydrogens (primary N) is 1. The Kier molecular flexibility index (Phi) is 7.40. The Morgan fingerprint density at radius 2 is 1.88 bits per heavy atom. The lowest BCUT2D eigenvalue weighted by molar-refractivity contribution is -0.137. The topological polar surface area (TPSA) is 75.4 Å². The summed E-state index contributed by atoms with van der Waals surface area (Å²) in [6, 6.07) is 3.05. The number of urea groups is 1. The van der Waals surface area contributed by atoms with Gasteiger partial charge in [-0.05, 0) is 36.1 Å². The third-order valence-electron chi connectivity index (χ3n) is 3.30. The molecule has 0 heterocycles. The van der Waals surface area contributed by atoms with Gasteiger partial charge in [0.15, 0.2) is 0 Å². The molecule has 0 saturated carbocycles.